The molecule has 19 heavy (non-hydrogen) atoms. The van der Waals surface area contributed by atoms with Gasteiger partial charge in [-0.2, -0.15) is 4.98 Å². The SMILES string of the molecule is C#CCC(C)NCc1nc(Cc2ccccc2)no1. The molecule has 0 saturated carbocycles. The van der Waals surface area contributed by atoms with Crippen LogP contribution in [0.1, 0.15) is 30.6 Å². The van der Waals surface area contributed by atoms with Crippen molar-refractivity contribution in [3.8, 4) is 12.3 Å². The summed E-state index contributed by atoms with van der Waals surface area (Å²) in [4.78, 5) is 4.35. The molecule has 2 aromatic rings. The molecule has 4 nitrogen and oxygen atoms in total. The fourth-order valence-electron chi connectivity index (χ4n) is 1.72. The second kappa shape index (κ2) is 6.72. The molecule has 98 valence electrons. The molecule has 1 atom stereocenters. The zero-order chi connectivity index (χ0) is 13.5. The van der Waals surface area contributed by atoms with Crippen LogP contribution >= 0.6 is 0 Å². The quantitative estimate of drug-likeness (QED) is 0.804. The van der Waals surface area contributed by atoms with Crippen LogP contribution in [-0.2, 0) is 13.0 Å². The van der Waals surface area contributed by atoms with Gasteiger partial charge >= 0.3 is 0 Å². The van der Waals surface area contributed by atoms with Gasteiger partial charge in [0.15, 0.2) is 5.82 Å². The lowest BCUT2D eigenvalue weighted by atomic mass is 10.1. The van der Waals surface area contributed by atoms with Gasteiger partial charge in [-0.25, -0.2) is 0 Å². The molecule has 1 aromatic heterocycles. The first-order valence-corrected chi connectivity index (χ1v) is 6.30. The molecule has 1 N–H and O–H groups in total. The van der Waals surface area contributed by atoms with Crippen molar-refractivity contribution in [2.75, 3.05) is 0 Å². The van der Waals surface area contributed by atoms with Crippen molar-refractivity contribution in [3.05, 3.63) is 47.6 Å². The molecule has 0 amide bonds. The average molecular weight is 255 g/mol. The number of aromatic nitrogens is 2. The third kappa shape index (κ3) is 4.23. The molecule has 1 unspecified atom stereocenters. The van der Waals surface area contributed by atoms with Crippen molar-refractivity contribution in [2.45, 2.75) is 32.4 Å². The monoisotopic (exact) mass is 255 g/mol. The third-order valence-electron chi connectivity index (χ3n) is 2.74. The minimum Gasteiger partial charge on any atom is -0.338 e. The number of nitrogens with zero attached hydrogens (tertiary/aromatic N) is 2. The first-order chi connectivity index (χ1) is 9.28. The van der Waals surface area contributed by atoms with Gasteiger partial charge in [0.25, 0.3) is 0 Å². The van der Waals surface area contributed by atoms with Crippen LogP contribution in [0.5, 0.6) is 0 Å². The van der Waals surface area contributed by atoms with Crippen LogP contribution in [0.25, 0.3) is 0 Å². The van der Waals surface area contributed by atoms with Gasteiger partial charge in [0.1, 0.15) is 0 Å². The molecular weight excluding hydrogens is 238 g/mol. The molecule has 0 aliphatic heterocycles. The van der Waals surface area contributed by atoms with Crippen LogP contribution in [0.3, 0.4) is 0 Å². The average Bonchev–Trinajstić information content (AvgIpc) is 2.86. The van der Waals surface area contributed by atoms with Gasteiger partial charge < -0.3 is 9.84 Å². The molecule has 0 aliphatic carbocycles. The summed E-state index contributed by atoms with van der Waals surface area (Å²) in [6.45, 7) is 2.58. The fraction of sp³-hybridized carbons (Fsp3) is 0.333. The number of hydrogen-bond acceptors (Lipinski definition) is 4. The summed E-state index contributed by atoms with van der Waals surface area (Å²) in [6, 6.07) is 10.3. The number of nitrogens with one attached hydrogen (secondary N) is 1. The minimum absolute atomic E-state index is 0.245. The lowest BCUT2D eigenvalue weighted by molar-refractivity contribution is 0.356. The molecular formula is C15H17N3O. The normalized spacial score (nSPS) is 12.0. The number of terminal acetylenes is 1. The Labute approximate surface area is 113 Å². The van der Waals surface area contributed by atoms with Crippen LogP contribution in [0, 0.1) is 12.3 Å². The summed E-state index contributed by atoms with van der Waals surface area (Å²) in [5, 5.41) is 7.21. The summed E-state index contributed by atoms with van der Waals surface area (Å²) in [5.41, 5.74) is 1.17. The summed E-state index contributed by atoms with van der Waals surface area (Å²) >= 11 is 0. The standard InChI is InChI=1S/C15H17N3O/c1-3-7-12(2)16-11-15-17-14(18-19-15)10-13-8-5-4-6-9-13/h1,4-6,8-9,12,16H,7,10-11H2,2H3. The molecule has 4 heteroatoms. The van der Waals surface area contributed by atoms with Crippen LogP contribution in [-0.4, -0.2) is 16.2 Å². The van der Waals surface area contributed by atoms with E-state index in [4.69, 9.17) is 10.9 Å². The molecule has 2 rings (SSSR count). The Morgan fingerprint density at radius 2 is 2.16 bits per heavy atom. The van der Waals surface area contributed by atoms with Crippen molar-refractivity contribution >= 4 is 0 Å². The van der Waals surface area contributed by atoms with Crippen LogP contribution in [0.15, 0.2) is 34.9 Å². The Hall–Kier alpha value is -2.12. The van der Waals surface area contributed by atoms with Gasteiger partial charge in [-0.3, -0.25) is 0 Å². The van der Waals surface area contributed by atoms with E-state index in [1.165, 1.54) is 5.56 Å². The van der Waals surface area contributed by atoms with E-state index < -0.39 is 0 Å². The van der Waals surface area contributed by atoms with Crippen LogP contribution in [0.2, 0.25) is 0 Å². The van der Waals surface area contributed by atoms with Gasteiger partial charge in [-0.15, -0.1) is 12.3 Å². The first-order valence-electron chi connectivity index (χ1n) is 6.30. The first kappa shape index (κ1) is 13.3. The Morgan fingerprint density at radius 3 is 2.89 bits per heavy atom. The highest BCUT2D eigenvalue weighted by atomic mass is 16.5. The molecule has 0 bridgehead atoms. The molecule has 0 radical (unpaired) electrons. The van der Waals surface area contributed by atoms with Gasteiger partial charge in [0.05, 0.1) is 6.54 Å². The zero-order valence-electron chi connectivity index (χ0n) is 11.0. The predicted octanol–water partition coefficient (Wildman–Crippen LogP) is 2.16. The van der Waals surface area contributed by atoms with Crippen molar-refractivity contribution < 1.29 is 4.52 Å². The fourth-order valence-corrected chi connectivity index (χ4v) is 1.72. The molecule has 0 spiro atoms. The molecule has 0 fully saturated rings. The smallest absolute Gasteiger partial charge is 0.240 e. The van der Waals surface area contributed by atoms with Gasteiger partial charge in [-0.05, 0) is 12.5 Å². The maximum Gasteiger partial charge on any atom is 0.240 e. The van der Waals surface area contributed by atoms with Crippen molar-refractivity contribution in [1.82, 2.24) is 15.5 Å². The molecule has 1 aromatic carbocycles. The number of benzene rings is 1. The maximum absolute atomic E-state index is 5.25. The highest BCUT2D eigenvalue weighted by Crippen LogP contribution is 2.06. The maximum atomic E-state index is 5.25. The second-order valence-corrected chi connectivity index (χ2v) is 4.46. The van der Waals surface area contributed by atoms with E-state index in [9.17, 15) is 0 Å². The van der Waals surface area contributed by atoms with Gasteiger partial charge in [-0.1, -0.05) is 35.5 Å². The van der Waals surface area contributed by atoms with Crippen molar-refractivity contribution in [2.24, 2.45) is 0 Å². The Morgan fingerprint density at radius 1 is 1.37 bits per heavy atom. The van der Waals surface area contributed by atoms with Crippen LogP contribution < -0.4 is 5.32 Å². The number of hydrogen-bond donors (Lipinski definition) is 1. The van der Waals surface area contributed by atoms with E-state index in [-0.39, 0.29) is 6.04 Å². The van der Waals surface area contributed by atoms with Gasteiger partial charge in [0.2, 0.25) is 5.89 Å². The van der Waals surface area contributed by atoms with E-state index >= 15 is 0 Å². The lowest BCUT2D eigenvalue weighted by Crippen LogP contribution is -2.24. The number of rotatable bonds is 6. The minimum atomic E-state index is 0.245. The summed E-state index contributed by atoms with van der Waals surface area (Å²) < 4.78 is 5.19. The lowest BCUT2D eigenvalue weighted by Gasteiger charge is -2.07. The topological polar surface area (TPSA) is 51.0 Å². The van der Waals surface area contributed by atoms with E-state index in [0.29, 0.717) is 31.1 Å². The highest BCUT2D eigenvalue weighted by molar-refractivity contribution is 5.18. The van der Waals surface area contributed by atoms with Crippen LogP contribution in [0.4, 0.5) is 0 Å². The molecule has 0 aliphatic rings. The van der Waals surface area contributed by atoms with E-state index in [1.807, 2.05) is 37.3 Å². The predicted molar refractivity (Wildman–Crippen MR) is 73.3 cm³/mol. The Balaban J connectivity index is 1.87. The van der Waals surface area contributed by atoms with E-state index in [1.54, 1.807) is 0 Å². The summed E-state index contributed by atoms with van der Waals surface area (Å²) in [6.07, 6.45) is 6.62. The Kier molecular flexibility index (Phi) is 4.71. The van der Waals surface area contributed by atoms with Gasteiger partial charge in [0, 0.05) is 18.9 Å². The zero-order valence-corrected chi connectivity index (χ0v) is 11.0. The molecule has 1 heterocycles. The Bertz CT molecular complexity index is 542. The van der Waals surface area contributed by atoms with E-state index in [2.05, 4.69) is 21.4 Å². The van der Waals surface area contributed by atoms with E-state index in [0.717, 1.165) is 0 Å². The summed E-state index contributed by atoms with van der Waals surface area (Å²) in [5.74, 6) is 3.91. The largest absolute Gasteiger partial charge is 0.338 e. The van der Waals surface area contributed by atoms with Crippen molar-refractivity contribution in [1.29, 1.82) is 0 Å². The highest BCUT2D eigenvalue weighted by Gasteiger charge is 2.08. The third-order valence-corrected chi connectivity index (χ3v) is 2.74. The molecule has 0 saturated heterocycles. The van der Waals surface area contributed by atoms with Crippen molar-refractivity contribution in [3.63, 3.8) is 0 Å². The summed E-state index contributed by atoms with van der Waals surface area (Å²) in [7, 11) is 0. The second-order valence-electron chi connectivity index (χ2n) is 4.46.